The zero-order chi connectivity index (χ0) is 20.6. The Labute approximate surface area is 174 Å². The molecule has 0 bridgehead atoms. The summed E-state index contributed by atoms with van der Waals surface area (Å²) in [6.45, 7) is 5.46. The highest BCUT2D eigenvalue weighted by Gasteiger charge is 2.50. The Hall–Kier alpha value is -2.19. The molecule has 29 heavy (non-hydrogen) atoms. The average Bonchev–Trinajstić information content (AvgIpc) is 3.40. The van der Waals surface area contributed by atoms with Gasteiger partial charge in [-0.15, -0.1) is 11.3 Å². The molecule has 0 aliphatic carbocycles. The van der Waals surface area contributed by atoms with Crippen molar-refractivity contribution in [3.8, 4) is 0 Å². The Morgan fingerprint density at radius 3 is 2.79 bits per heavy atom. The molecule has 2 amide bonds. The molecule has 7 nitrogen and oxygen atoms in total. The number of fused-ring (bicyclic) bond motifs is 1. The van der Waals surface area contributed by atoms with E-state index in [-0.39, 0.29) is 29.9 Å². The van der Waals surface area contributed by atoms with Crippen molar-refractivity contribution in [2.75, 3.05) is 26.2 Å². The number of thiophene rings is 1. The SMILES string of the molecule is CCc1ccc(C(=O)N2CCC[C@@]3(CO)CCN(C(=O)c4cc(C)on4)C[C@H]23)s1. The molecule has 2 saturated heterocycles. The minimum atomic E-state index is -0.352. The van der Waals surface area contributed by atoms with Crippen LogP contribution in [0.5, 0.6) is 0 Å². The summed E-state index contributed by atoms with van der Waals surface area (Å²) in [5.41, 5.74) is -0.0616. The Kier molecular flexibility index (Phi) is 5.48. The predicted molar refractivity (Wildman–Crippen MR) is 109 cm³/mol. The Balaban J connectivity index is 1.60. The van der Waals surface area contributed by atoms with Crippen LogP contribution < -0.4 is 0 Å². The second-order valence-corrected chi connectivity index (χ2v) is 9.25. The Bertz CT molecular complexity index is 907. The highest BCUT2D eigenvalue weighted by atomic mass is 32.1. The van der Waals surface area contributed by atoms with E-state index < -0.39 is 0 Å². The molecule has 4 heterocycles. The summed E-state index contributed by atoms with van der Waals surface area (Å²) in [7, 11) is 0. The van der Waals surface area contributed by atoms with E-state index in [1.807, 2.05) is 17.0 Å². The number of nitrogens with zero attached hydrogens (tertiary/aromatic N) is 3. The van der Waals surface area contributed by atoms with Gasteiger partial charge in [-0.05, 0) is 44.7 Å². The smallest absolute Gasteiger partial charge is 0.276 e. The number of carbonyl (C=O) groups excluding carboxylic acids is 2. The lowest BCUT2D eigenvalue weighted by molar-refractivity contribution is -0.0579. The third-order valence-corrected chi connectivity index (χ3v) is 7.58. The number of aromatic nitrogens is 1. The third-order valence-electron chi connectivity index (χ3n) is 6.36. The molecule has 0 radical (unpaired) electrons. The van der Waals surface area contributed by atoms with Crippen molar-refractivity contribution in [3.63, 3.8) is 0 Å². The number of aliphatic hydroxyl groups is 1. The van der Waals surface area contributed by atoms with Crippen molar-refractivity contribution >= 4 is 23.2 Å². The number of piperidine rings is 2. The second kappa shape index (κ2) is 7.91. The van der Waals surface area contributed by atoms with Crippen molar-refractivity contribution in [1.29, 1.82) is 0 Å². The molecule has 0 unspecified atom stereocenters. The van der Waals surface area contributed by atoms with Crippen LogP contribution in [-0.2, 0) is 6.42 Å². The molecule has 2 aromatic rings. The summed E-state index contributed by atoms with van der Waals surface area (Å²) in [5.74, 6) is 0.411. The monoisotopic (exact) mass is 417 g/mol. The lowest BCUT2D eigenvalue weighted by Gasteiger charge is -2.54. The van der Waals surface area contributed by atoms with Crippen molar-refractivity contribution < 1.29 is 19.2 Å². The van der Waals surface area contributed by atoms with E-state index in [1.165, 1.54) is 16.2 Å². The van der Waals surface area contributed by atoms with Gasteiger partial charge in [0.2, 0.25) is 0 Å². The van der Waals surface area contributed by atoms with Crippen molar-refractivity contribution in [3.05, 3.63) is 39.4 Å². The van der Waals surface area contributed by atoms with E-state index in [9.17, 15) is 14.7 Å². The normalized spacial score (nSPS) is 24.4. The van der Waals surface area contributed by atoms with Gasteiger partial charge in [0.25, 0.3) is 11.8 Å². The molecule has 2 aromatic heterocycles. The van der Waals surface area contributed by atoms with Crippen molar-refractivity contribution in [1.82, 2.24) is 15.0 Å². The molecular formula is C21H27N3O4S. The van der Waals surface area contributed by atoms with Crippen LogP contribution in [0.4, 0.5) is 0 Å². The highest BCUT2D eigenvalue weighted by molar-refractivity contribution is 7.14. The van der Waals surface area contributed by atoms with Crippen LogP contribution >= 0.6 is 11.3 Å². The Morgan fingerprint density at radius 2 is 2.14 bits per heavy atom. The molecular weight excluding hydrogens is 390 g/mol. The zero-order valence-electron chi connectivity index (χ0n) is 16.9. The van der Waals surface area contributed by atoms with Gasteiger partial charge >= 0.3 is 0 Å². The Morgan fingerprint density at radius 1 is 1.31 bits per heavy atom. The topological polar surface area (TPSA) is 86.9 Å². The molecule has 2 atom stereocenters. The molecule has 2 aliphatic heterocycles. The van der Waals surface area contributed by atoms with Gasteiger partial charge in [-0.2, -0.15) is 0 Å². The molecule has 4 rings (SSSR count). The number of likely N-dealkylation sites (tertiary alicyclic amines) is 2. The van der Waals surface area contributed by atoms with Crippen LogP contribution in [0.25, 0.3) is 0 Å². The van der Waals surface area contributed by atoms with E-state index in [0.29, 0.717) is 37.5 Å². The minimum Gasteiger partial charge on any atom is -0.396 e. The average molecular weight is 418 g/mol. The van der Waals surface area contributed by atoms with Crippen LogP contribution in [0.2, 0.25) is 0 Å². The van der Waals surface area contributed by atoms with E-state index >= 15 is 0 Å². The first-order chi connectivity index (χ1) is 14.0. The number of carbonyl (C=O) groups is 2. The van der Waals surface area contributed by atoms with Crippen molar-refractivity contribution in [2.45, 2.75) is 45.6 Å². The third kappa shape index (κ3) is 3.59. The largest absolute Gasteiger partial charge is 0.396 e. The van der Waals surface area contributed by atoms with Crippen LogP contribution in [0.3, 0.4) is 0 Å². The minimum absolute atomic E-state index is 0.00352. The lowest BCUT2D eigenvalue weighted by atomic mass is 9.69. The van der Waals surface area contributed by atoms with Gasteiger partial charge in [-0.3, -0.25) is 9.59 Å². The molecule has 2 aliphatic rings. The first kappa shape index (κ1) is 20.1. The molecule has 156 valence electrons. The van der Waals surface area contributed by atoms with Gasteiger partial charge in [0.15, 0.2) is 5.69 Å². The number of hydrogen-bond donors (Lipinski definition) is 1. The summed E-state index contributed by atoms with van der Waals surface area (Å²) in [5, 5.41) is 14.1. The fourth-order valence-corrected chi connectivity index (χ4v) is 5.54. The fraction of sp³-hybridized carbons (Fsp3) is 0.571. The number of aliphatic hydroxyl groups excluding tert-OH is 1. The molecule has 0 saturated carbocycles. The number of amides is 2. The van der Waals surface area contributed by atoms with Gasteiger partial charge in [0, 0.05) is 36.0 Å². The summed E-state index contributed by atoms with van der Waals surface area (Å²) in [4.78, 5) is 31.8. The van der Waals surface area contributed by atoms with E-state index in [1.54, 1.807) is 17.9 Å². The van der Waals surface area contributed by atoms with Gasteiger partial charge in [0.05, 0.1) is 17.5 Å². The van der Waals surface area contributed by atoms with Crippen LogP contribution in [0.1, 0.15) is 57.0 Å². The predicted octanol–water partition coefficient (Wildman–Crippen LogP) is 2.74. The van der Waals surface area contributed by atoms with Gasteiger partial charge < -0.3 is 19.4 Å². The highest BCUT2D eigenvalue weighted by Crippen LogP contribution is 2.43. The molecule has 8 heteroatoms. The second-order valence-electron chi connectivity index (χ2n) is 8.08. The number of rotatable bonds is 4. The zero-order valence-corrected chi connectivity index (χ0v) is 17.7. The molecule has 0 spiro atoms. The summed E-state index contributed by atoms with van der Waals surface area (Å²) < 4.78 is 5.05. The number of aryl methyl sites for hydroxylation is 2. The summed E-state index contributed by atoms with van der Waals surface area (Å²) in [6.07, 6.45) is 3.31. The van der Waals surface area contributed by atoms with Gasteiger partial charge in [-0.1, -0.05) is 12.1 Å². The quantitative estimate of drug-likeness (QED) is 0.827. The molecule has 0 aromatic carbocycles. The van der Waals surface area contributed by atoms with Gasteiger partial charge in [0.1, 0.15) is 5.76 Å². The fourth-order valence-electron chi connectivity index (χ4n) is 4.64. The van der Waals surface area contributed by atoms with Crippen LogP contribution in [0.15, 0.2) is 22.7 Å². The van der Waals surface area contributed by atoms with Crippen molar-refractivity contribution in [2.24, 2.45) is 5.41 Å². The standard InChI is InChI=1S/C21H27N3O4S/c1-3-15-5-6-17(29-15)20(27)24-9-4-7-21(13-25)8-10-23(12-18(21)24)19(26)16-11-14(2)28-22-16/h5-6,11,18,25H,3-4,7-10,12-13H2,1-2H3/t18-,21-/m0/s1. The number of hydrogen-bond acceptors (Lipinski definition) is 6. The summed E-state index contributed by atoms with van der Waals surface area (Å²) >= 11 is 1.53. The van der Waals surface area contributed by atoms with E-state index in [0.717, 1.165) is 24.1 Å². The maximum atomic E-state index is 13.3. The molecule has 1 N–H and O–H groups in total. The molecule has 2 fully saturated rings. The van der Waals surface area contributed by atoms with Crippen LogP contribution in [-0.4, -0.2) is 64.2 Å². The summed E-state index contributed by atoms with van der Waals surface area (Å²) in [6, 6.07) is 5.33. The van der Waals surface area contributed by atoms with Gasteiger partial charge in [-0.25, -0.2) is 0 Å². The first-order valence-corrected chi connectivity index (χ1v) is 11.0. The lowest BCUT2D eigenvalue weighted by Crippen LogP contribution is -2.64. The maximum absolute atomic E-state index is 13.3. The first-order valence-electron chi connectivity index (χ1n) is 10.2. The maximum Gasteiger partial charge on any atom is 0.276 e. The van der Waals surface area contributed by atoms with Crippen LogP contribution in [0, 0.1) is 12.3 Å². The van der Waals surface area contributed by atoms with E-state index in [4.69, 9.17) is 4.52 Å². The van der Waals surface area contributed by atoms with E-state index in [2.05, 4.69) is 12.1 Å².